The molecule has 2 aromatic rings. The van der Waals surface area contributed by atoms with Crippen molar-refractivity contribution in [2.45, 2.75) is 40.7 Å². The van der Waals surface area contributed by atoms with E-state index in [1.807, 2.05) is 4.68 Å². The highest BCUT2D eigenvalue weighted by Crippen LogP contribution is 2.27. The molecule has 114 valence electrons. The van der Waals surface area contributed by atoms with E-state index in [-0.39, 0.29) is 6.04 Å². The van der Waals surface area contributed by atoms with E-state index in [1.165, 1.54) is 5.56 Å². The maximum Gasteiger partial charge on any atom is 0.173 e. The summed E-state index contributed by atoms with van der Waals surface area (Å²) in [5, 5.41) is 15.7. The summed E-state index contributed by atoms with van der Waals surface area (Å²) in [6.45, 7) is 11.5. The molecule has 1 N–H and O–H groups in total. The van der Waals surface area contributed by atoms with Crippen LogP contribution >= 0.6 is 15.9 Å². The number of rotatable bonds is 5. The molecule has 0 saturated heterocycles. The second-order valence-corrected chi connectivity index (χ2v) is 6.74. The summed E-state index contributed by atoms with van der Waals surface area (Å²) in [6.07, 6.45) is 0. The van der Waals surface area contributed by atoms with Gasteiger partial charge in [-0.25, -0.2) is 0 Å². The van der Waals surface area contributed by atoms with Gasteiger partial charge in [-0.05, 0) is 76.8 Å². The number of hydrogen-bond donors (Lipinski definition) is 1. The average molecular weight is 352 g/mol. The minimum Gasteiger partial charge on any atom is -0.307 e. The molecular weight excluding hydrogens is 330 g/mol. The largest absolute Gasteiger partial charge is 0.307 e. The van der Waals surface area contributed by atoms with E-state index in [1.54, 1.807) is 0 Å². The first kappa shape index (κ1) is 16.1. The predicted octanol–water partition coefficient (Wildman–Crippen LogP) is 3.35. The highest BCUT2D eigenvalue weighted by Gasteiger charge is 2.18. The first-order valence-corrected chi connectivity index (χ1v) is 7.98. The van der Waals surface area contributed by atoms with E-state index in [2.05, 4.69) is 83.5 Å². The summed E-state index contributed by atoms with van der Waals surface area (Å²) in [7, 11) is 0. The van der Waals surface area contributed by atoms with Crippen molar-refractivity contribution in [1.29, 1.82) is 0 Å². The summed E-state index contributed by atoms with van der Waals surface area (Å²) < 4.78 is 2.82. The molecule has 0 spiro atoms. The summed E-state index contributed by atoms with van der Waals surface area (Å²) in [4.78, 5) is 0. The summed E-state index contributed by atoms with van der Waals surface area (Å²) in [6, 6.07) is 4.31. The molecule has 21 heavy (non-hydrogen) atoms. The van der Waals surface area contributed by atoms with E-state index >= 15 is 0 Å². The molecule has 0 aliphatic carbocycles. The van der Waals surface area contributed by atoms with E-state index < -0.39 is 0 Å². The van der Waals surface area contributed by atoms with Crippen LogP contribution < -0.4 is 5.32 Å². The lowest BCUT2D eigenvalue weighted by atomic mass is 10.1. The molecule has 6 heteroatoms. The van der Waals surface area contributed by atoms with Crippen molar-refractivity contribution >= 4 is 15.9 Å². The highest BCUT2D eigenvalue weighted by atomic mass is 79.9. The molecule has 0 amide bonds. The third-order valence-corrected chi connectivity index (χ3v) is 3.93. The van der Waals surface area contributed by atoms with Crippen LogP contribution in [0.25, 0.3) is 5.69 Å². The Morgan fingerprint density at radius 2 is 1.95 bits per heavy atom. The molecule has 2 rings (SSSR count). The molecule has 1 aromatic heterocycles. The Morgan fingerprint density at radius 1 is 1.24 bits per heavy atom. The van der Waals surface area contributed by atoms with Crippen molar-refractivity contribution in [3.8, 4) is 5.69 Å². The third-order valence-electron chi connectivity index (χ3n) is 3.32. The minimum atomic E-state index is 0.0926. The number of hydrogen-bond acceptors (Lipinski definition) is 4. The topological polar surface area (TPSA) is 55.6 Å². The predicted molar refractivity (Wildman–Crippen MR) is 87.6 cm³/mol. The van der Waals surface area contributed by atoms with Gasteiger partial charge < -0.3 is 5.32 Å². The van der Waals surface area contributed by atoms with Crippen LogP contribution in [0.15, 0.2) is 16.6 Å². The highest BCUT2D eigenvalue weighted by molar-refractivity contribution is 9.10. The van der Waals surface area contributed by atoms with Gasteiger partial charge in [-0.3, -0.25) is 0 Å². The molecule has 0 aliphatic heterocycles. The first-order chi connectivity index (χ1) is 9.90. The van der Waals surface area contributed by atoms with Crippen molar-refractivity contribution < 1.29 is 0 Å². The zero-order valence-electron chi connectivity index (χ0n) is 13.2. The van der Waals surface area contributed by atoms with Crippen LogP contribution in [0, 0.1) is 19.8 Å². The lowest BCUT2D eigenvalue weighted by Gasteiger charge is -2.17. The Morgan fingerprint density at radius 3 is 2.57 bits per heavy atom. The fraction of sp³-hybridized carbons (Fsp3) is 0.533. The molecule has 1 aromatic carbocycles. The molecule has 0 radical (unpaired) electrons. The fourth-order valence-electron chi connectivity index (χ4n) is 2.30. The monoisotopic (exact) mass is 351 g/mol. The minimum absolute atomic E-state index is 0.0926. The molecular formula is C15H22BrN5. The van der Waals surface area contributed by atoms with Crippen molar-refractivity contribution in [2.24, 2.45) is 5.92 Å². The number of aryl methyl sites for hydroxylation is 2. The zero-order chi connectivity index (χ0) is 15.6. The molecule has 1 atom stereocenters. The number of aromatic nitrogens is 4. The maximum atomic E-state index is 4.19. The van der Waals surface area contributed by atoms with Gasteiger partial charge in [-0.2, -0.15) is 4.68 Å². The number of benzene rings is 1. The zero-order valence-corrected chi connectivity index (χ0v) is 14.8. The Hall–Kier alpha value is -1.27. The molecule has 0 aliphatic rings. The molecule has 0 saturated carbocycles. The lowest BCUT2D eigenvalue weighted by molar-refractivity contribution is 0.474. The van der Waals surface area contributed by atoms with Crippen molar-refractivity contribution in [1.82, 2.24) is 25.5 Å². The quantitative estimate of drug-likeness (QED) is 0.897. The van der Waals surface area contributed by atoms with Gasteiger partial charge in [0.2, 0.25) is 0 Å². The number of tetrazole rings is 1. The van der Waals surface area contributed by atoms with Crippen molar-refractivity contribution in [3.05, 3.63) is 33.6 Å². The van der Waals surface area contributed by atoms with Crippen LogP contribution in [-0.4, -0.2) is 26.8 Å². The van der Waals surface area contributed by atoms with E-state index in [4.69, 9.17) is 0 Å². The molecule has 1 unspecified atom stereocenters. The number of halogens is 1. The Balaban J connectivity index is 2.37. The van der Waals surface area contributed by atoms with Crippen LogP contribution in [0.2, 0.25) is 0 Å². The summed E-state index contributed by atoms with van der Waals surface area (Å²) >= 11 is 3.63. The summed E-state index contributed by atoms with van der Waals surface area (Å²) in [5.41, 5.74) is 3.36. The molecule has 0 fully saturated rings. The first-order valence-electron chi connectivity index (χ1n) is 7.19. The van der Waals surface area contributed by atoms with Crippen LogP contribution in [0.3, 0.4) is 0 Å². The lowest BCUT2D eigenvalue weighted by Crippen LogP contribution is -2.26. The average Bonchev–Trinajstić information content (AvgIpc) is 2.83. The van der Waals surface area contributed by atoms with Crippen LogP contribution in [0.1, 0.15) is 43.8 Å². The summed E-state index contributed by atoms with van der Waals surface area (Å²) in [5.74, 6) is 1.41. The Kier molecular flexibility index (Phi) is 5.11. The van der Waals surface area contributed by atoms with Gasteiger partial charge in [0.1, 0.15) is 0 Å². The normalized spacial score (nSPS) is 12.9. The molecule has 0 bridgehead atoms. The maximum absolute atomic E-state index is 4.19. The van der Waals surface area contributed by atoms with Gasteiger partial charge in [0.25, 0.3) is 0 Å². The molecule has 1 heterocycles. The van der Waals surface area contributed by atoms with Gasteiger partial charge in [-0.15, -0.1) is 5.10 Å². The van der Waals surface area contributed by atoms with Gasteiger partial charge in [0, 0.05) is 4.47 Å². The van der Waals surface area contributed by atoms with Crippen molar-refractivity contribution in [2.75, 3.05) is 6.54 Å². The number of nitrogens with zero attached hydrogens (tertiary/aromatic N) is 4. The van der Waals surface area contributed by atoms with E-state index in [9.17, 15) is 0 Å². The van der Waals surface area contributed by atoms with Gasteiger partial charge in [0.15, 0.2) is 5.82 Å². The van der Waals surface area contributed by atoms with E-state index in [0.29, 0.717) is 5.92 Å². The smallest absolute Gasteiger partial charge is 0.173 e. The second kappa shape index (κ2) is 6.66. The SMILES string of the molecule is Cc1cc(C)c(-n2nnnc2C(C)NCC(C)C)c(Br)c1. The van der Waals surface area contributed by atoms with Crippen molar-refractivity contribution in [3.63, 3.8) is 0 Å². The van der Waals surface area contributed by atoms with E-state index in [0.717, 1.165) is 28.1 Å². The molecule has 5 nitrogen and oxygen atoms in total. The van der Waals surface area contributed by atoms with Crippen LogP contribution in [0.5, 0.6) is 0 Å². The van der Waals surface area contributed by atoms with Crippen LogP contribution in [-0.2, 0) is 0 Å². The Labute approximate surface area is 134 Å². The van der Waals surface area contributed by atoms with Gasteiger partial charge in [0.05, 0.1) is 11.7 Å². The second-order valence-electron chi connectivity index (χ2n) is 5.88. The number of nitrogens with one attached hydrogen (secondary N) is 1. The standard InChI is InChI=1S/C15H22BrN5/c1-9(2)8-17-12(5)15-18-19-20-21(15)14-11(4)6-10(3)7-13(14)16/h6-7,9,12,17H,8H2,1-5H3. The Bertz CT molecular complexity index is 597. The van der Waals surface area contributed by atoms with Gasteiger partial charge in [-0.1, -0.05) is 19.9 Å². The van der Waals surface area contributed by atoms with Gasteiger partial charge >= 0.3 is 0 Å². The fourth-order valence-corrected chi connectivity index (χ4v) is 3.15. The third kappa shape index (κ3) is 3.68. The van der Waals surface area contributed by atoms with Crippen LogP contribution in [0.4, 0.5) is 0 Å².